The van der Waals surface area contributed by atoms with Gasteiger partial charge in [0.05, 0.1) is 0 Å². The number of hydrogen-bond acceptors (Lipinski definition) is 1. The number of nitrogens with one attached hydrogen (secondary N) is 1. The van der Waals surface area contributed by atoms with Gasteiger partial charge in [-0.3, -0.25) is 4.79 Å². The Morgan fingerprint density at radius 3 is 2.94 bits per heavy atom. The molecule has 2 nitrogen and oxygen atoms in total. The number of hydrogen-bond donors (Lipinski definition) is 1. The van der Waals surface area contributed by atoms with Crippen molar-refractivity contribution in [2.45, 2.75) is 19.3 Å². The summed E-state index contributed by atoms with van der Waals surface area (Å²) in [7, 11) is 0. The van der Waals surface area contributed by atoms with E-state index in [2.05, 4.69) is 24.9 Å². The van der Waals surface area contributed by atoms with Gasteiger partial charge < -0.3 is 5.32 Å². The summed E-state index contributed by atoms with van der Waals surface area (Å²) in [4.78, 5) is 12.2. The Labute approximate surface area is 107 Å². The topological polar surface area (TPSA) is 29.1 Å². The van der Waals surface area contributed by atoms with Gasteiger partial charge in [0.1, 0.15) is 0 Å². The second-order valence-electron chi connectivity index (χ2n) is 4.83. The molecule has 0 aromatic heterocycles. The molecular weight excluding hydrogens is 222 g/mol. The molecule has 0 spiro atoms. The lowest BCUT2D eigenvalue weighted by Gasteiger charge is -2.22. The van der Waals surface area contributed by atoms with Gasteiger partial charge in [-0.25, -0.2) is 0 Å². The average molecular weight is 237 g/mol. The molecule has 18 heavy (non-hydrogen) atoms. The summed E-state index contributed by atoms with van der Waals surface area (Å²) in [6, 6.07) is 7.84. The maximum atomic E-state index is 12.2. The van der Waals surface area contributed by atoms with Crippen LogP contribution in [0.25, 0.3) is 0 Å². The fourth-order valence-corrected chi connectivity index (χ4v) is 2.83. The Morgan fingerprint density at radius 2 is 2.17 bits per heavy atom. The van der Waals surface area contributed by atoms with Crippen molar-refractivity contribution in [2.75, 3.05) is 0 Å². The lowest BCUT2D eigenvalue weighted by molar-refractivity contribution is 0.0967. The van der Waals surface area contributed by atoms with Crippen molar-refractivity contribution < 1.29 is 4.79 Å². The van der Waals surface area contributed by atoms with E-state index in [1.54, 1.807) is 0 Å². The van der Waals surface area contributed by atoms with E-state index in [9.17, 15) is 4.79 Å². The van der Waals surface area contributed by atoms with Crippen molar-refractivity contribution in [3.8, 4) is 0 Å². The number of carbonyl (C=O) groups excluding carboxylic acids is 1. The van der Waals surface area contributed by atoms with E-state index < -0.39 is 0 Å². The molecule has 1 amide bonds. The second-order valence-corrected chi connectivity index (χ2v) is 4.83. The quantitative estimate of drug-likeness (QED) is 0.797. The van der Waals surface area contributed by atoms with Gasteiger partial charge in [0, 0.05) is 17.2 Å². The number of carbonyl (C=O) groups is 1. The van der Waals surface area contributed by atoms with Crippen LogP contribution in [0, 0.1) is 0 Å². The standard InChI is InChI=1S/C16H15NO/c1-3-12-10(2)8-11-9-15(12)17-16(18)14-7-5-4-6-13(11)14/h3-7,9,11H,1,8H2,2H3,(H,17,18). The van der Waals surface area contributed by atoms with Crippen molar-refractivity contribution in [1.29, 1.82) is 0 Å². The van der Waals surface area contributed by atoms with Gasteiger partial charge in [-0.2, -0.15) is 0 Å². The molecule has 3 rings (SSSR count). The molecule has 0 fully saturated rings. The molecule has 90 valence electrons. The zero-order chi connectivity index (χ0) is 12.7. The molecule has 0 radical (unpaired) electrons. The Balaban J connectivity index is 2.17. The van der Waals surface area contributed by atoms with Gasteiger partial charge in [0.25, 0.3) is 5.91 Å². The summed E-state index contributed by atoms with van der Waals surface area (Å²) in [5.41, 5.74) is 5.15. The van der Waals surface area contributed by atoms with Crippen LogP contribution >= 0.6 is 0 Å². The van der Waals surface area contributed by atoms with E-state index in [1.807, 2.05) is 30.3 Å². The van der Waals surface area contributed by atoms with Crippen LogP contribution in [-0.4, -0.2) is 5.91 Å². The number of allylic oxidation sites excluding steroid dienone is 3. The largest absolute Gasteiger partial charge is 0.322 e. The van der Waals surface area contributed by atoms with Gasteiger partial charge >= 0.3 is 0 Å². The molecular formula is C16H15NO. The van der Waals surface area contributed by atoms with Crippen molar-refractivity contribution in [3.63, 3.8) is 0 Å². The Morgan fingerprint density at radius 1 is 1.39 bits per heavy atom. The van der Waals surface area contributed by atoms with Crippen LogP contribution in [0.5, 0.6) is 0 Å². The van der Waals surface area contributed by atoms with Crippen molar-refractivity contribution in [2.24, 2.45) is 0 Å². The van der Waals surface area contributed by atoms with Crippen LogP contribution < -0.4 is 5.32 Å². The first kappa shape index (κ1) is 11.0. The lowest BCUT2D eigenvalue weighted by atomic mass is 9.83. The molecule has 1 aromatic carbocycles. The molecule has 1 aliphatic heterocycles. The molecule has 1 heterocycles. The first-order chi connectivity index (χ1) is 8.70. The summed E-state index contributed by atoms with van der Waals surface area (Å²) >= 11 is 0. The zero-order valence-electron chi connectivity index (χ0n) is 10.4. The van der Waals surface area contributed by atoms with Crippen molar-refractivity contribution in [3.05, 3.63) is 71.0 Å². The molecule has 1 N–H and O–H groups in total. The minimum absolute atomic E-state index is 0.0200. The highest BCUT2D eigenvalue weighted by Crippen LogP contribution is 2.37. The number of benzene rings is 1. The van der Waals surface area contributed by atoms with Crippen molar-refractivity contribution in [1.82, 2.24) is 5.32 Å². The smallest absolute Gasteiger partial charge is 0.255 e. The van der Waals surface area contributed by atoms with Gasteiger partial charge in [-0.1, -0.05) is 42.5 Å². The van der Waals surface area contributed by atoms with Crippen LogP contribution in [0.4, 0.5) is 0 Å². The van der Waals surface area contributed by atoms with Crippen LogP contribution in [0.2, 0.25) is 0 Å². The molecule has 0 saturated heterocycles. The molecule has 0 saturated carbocycles. The SMILES string of the molecule is C=CC1=C(C)CC2C=C1NC(=O)c1ccccc12. The van der Waals surface area contributed by atoms with Crippen LogP contribution in [-0.2, 0) is 0 Å². The third-order valence-electron chi connectivity index (χ3n) is 3.70. The van der Waals surface area contributed by atoms with Crippen LogP contribution in [0.15, 0.2) is 59.8 Å². The highest BCUT2D eigenvalue weighted by molar-refractivity contribution is 5.98. The van der Waals surface area contributed by atoms with Gasteiger partial charge in [0.15, 0.2) is 0 Å². The van der Waals surface area contributed by atoms with E-state index in [0.29, 0.717) is 5.92 Å². The van der Waals surface area contributed by atoms with Gasteiger partial charge in [-0.05, 0) is 30.5 Å². The van der Waals surface area contributed by atoms with E-state index in [0.717, 1.165) is 28.8 Å². The number of fused-ring (bicyclic) bond motifs is 3. The zero-order valence-corrected chi connectivity index (χ0v) is 10.4. The highest BCUT2D eigenvalue weighted by Gasteiger charge is 2.27. The normalized spacial score (nSPS) is 21.7. The summed E-state index contributed by atoms with van der Waals surface area (Å²) in [5, 5.41) is 2.99. The van der Waals surface area contributed by atoms with Gasteiger partial charge in [-0.15, -0.1) is 0 Å². The average Bonchev–Trinajstić information content (AvgIpc) is 2.48. The summed E-state index contributed by atoms with van der Waals surface area (Å²) in [6.45, 7) is 5.95. The molecule has 1 aliphatic carbocycles. The molecule has 2 bridgehead atoms. The van der Waals surface area contributed by atoms with E-state index in [-0.39, 0.29) is 5.91 Å². The fourth-order valence-electron chi connectivity index (χ4n) is 2.83. The third-order valence-corrected chi connectivity index (χ3v) is 3.70. The minimum atomic E-state index is -0.0200. The maximum Gasteiger partial charge on any atom is 0.255 e. The Kier molecular flexibility index (Phi) is 2.44. The fraction of sp³-hybridized carbons (Fsp3) is 0.188. The van der Waals surface area contributed by atoms with E-state index in [4.69, 9.17) is 0 Å². The first-order valence-corrected chi connectivity index (χ1v) is 6.15. The Bertz CT molecular complexity index is 607. The predicted octanol–water partition coefficient (Wildman–Crippen LogP) is 3.30. The monoisotopic (exact) mass is 237 g/mol. The maximum absolute atomic E-state index is 12.2. The van der Waals surface area contributed by atoms with Crippen molar-refractivity contribution >= 4 is 5.91 Å². The molecule has 2 aliphatic rings. The van der Waals surface area contributed by atoms with Crippen LogP contribution in [0.1, 0.15) is 35.2 Å². The Hall–Kier alpha value is -2.09. The number of rotatable bonds is 1. The second kappa shape index (κ2) is 3.98. The van der Waals surface area contributed by atoms with Crippen LogP contribution in [0.3, 0.4) is 0 Å². The van der Waals surface area contributed by atoms with E-state index >= 15 is 0 Å². The first-order valence-electron chi connectivity index (χ1n) is 6.15. The lowest BCUT2D eigenvalue weighted by Crippen LogP contribution is -2.23. The summed E-state index contributed by atoms with van der Waals surface area (Å²) in [5.74, 6) is 0.271. The summed E-state index contributed by atoms with van der Waals surface area (Å²) in [6.07, 6.45) is 4.93. The number of amides is 1. The predicted molar refractivity (Wildman–Crippen MR) is 72.2 cm³/mol. The van der Waals surface area contributed by atoms with Gasteiger partial charge in [0.2, 0.25) is 0 Å². The minimum Gasteiger partial charge on any atom is -0.322 e. The molecule has 1 aromatic rings. The highest BCUT2D eigenvalue weighted by atomic mass is 16.1. The molecule has 2 heteroatoms. The summed E-state index contributed by atoms with van der Waals surface area (Å²) < 4.78 is 0. The third kappa shape index (κ3) is 1.53. The molecule has 1 atom stereocenters. The molecule has 1 unspecified atom stereocenters. The van der Waals surface area contributed by atoms with E-state index in [1.165, 1.54) is 5.57 Å².